The highest BCUT2D eigenvalue weighted by atomic mass is 16.7. The number of carbonyl (C=O) groups excluding carboxylic acids is 3. The highest BCUT2D eigenvalue weighted by Gasteiger charge is 2.50. The molecule has 0 aromatic heterocycles. The molecule has 1 heterocycles. The summed E-state index contributed by atoms with van der Waals surface area (Å²) in [5, 5.41) is 31.5. The molecule has 12 heteroatoms. The topological polar surface area (TPSA) is 175 Å². The Balaban J connectivity index is 2.71. The number of rotatable bonds is 51. The third-order valence-electron chi connectivity index (χ3n) is 13.3. The number of carboxylic acid groups (broad SMARTS) is 1. The monoisotopic (exact) mass is 1100 g/mol. The van der Waals surface area contributed by atoms with Crippen LogP contribution in [0.3, 0.4) is 0 Å². The van der Waals surface area contributed by atoms with Gasteiger partial charge in [0.2, 0.25) is 0 Å². The molecular weight excluding hydrogens is 997 g/mol. The van der Waals surface area contributed by atoms with Crippen LogP contribution in [-0.2, 0) is 42.9 Å². The normalized spacial score (nSPS) is 18.6. The summed E-state index contributed by atoms with van der Waals surface area (Å²) >= 11 is 0. The fourth-order valence-electron chi connectivity index (χ4n) is 8.64. The van der Waals surface area contributed by atoms with Crippen LogP contribution in [0, 0.1) is 0 Å². The summed E-state index contributed by atoms with van der Waals surface area (Å²) in [7, 11) is 0. The highest BCUT2D eigenvalue weighted by molar-refractivity contribution is 5.74. The molecule has 79 heavy (non-hydrogen) atoms. The average Bonchev–Trinajstić information content (AvgIpc) is 3.44. The van der Waals surface area contributed by atoms with Gasteiger partial charge >= 0.3 is 23.9 Å². The third-order valence-corrected chi connectivity index (χ3v) is 13.3. The zero-order valence-electron chi connectivity index (χ0n) is 49.3. The van der Waals surface area contributed by atoms with Crippen LogP contribution in [0.1, 0.15) is 239 Å². The minimum absolute atomic E-state index is 0.000834. The van der Waals surface area contributed by atoms with Crippen molar-refractivity contribution >= 4 is 23.9 Å². The van der Waals surface area contributed by atoms with E-state index in [1.54, 1.807) is 0 Å². The van der Waals surface area contributed by atoms with E-state index in [9.17, 15) is 34.5 Å². The van der Waals surface area contributed by atoms with Gasteiger partial charge in [-0.3, -0.25) is 14.4 Å². The van der Waals surface area contributed by atoms with E-state index in [-0.39, 0.29) is 25.9 Å². The van der Waals surface area contributed by atoms with Gasteiger partial charge in [0.15, 0.2) is 24.6 Å². The first kappa shape index (κ1) is 72.4. The number of ether oxygens (including phenoxy) is 5. The second-order valence-electron chi connectivity index (χ2n) is 20.6. The Hall–Kier alpha value is -4.62. The number of hydrogen-bond acceptors (Lipinski definition) is 11. The lowest BCUT2D eigenvalue weighted by atomic mass is 9.98. The van der Waals surface area contributed by atoms with Gasteiger partial charge in [-0.05, 0) is 122 Å². The molecule has 0 radical (unpaired) electrons. The molecule has 12 nitrogen and oxygen atoms in total. The van der Waals surface area contributed by atoms with Crippen LogP contribution in [0.25, 0.3) is 0 Å². The molecule has 6 unspecified atom stereocenters. The summed E-state index contributed by atoms with van der Waals surface area (Å²) in [6.07, 6.45) is 60.5. The Morgan fingerprint density at radius 3 is 1.24 bits per heavy atom. The van der Waals surface area contributed by atoms with E-state index in [0.717, 1.165) is 116 Å². The fourth-order valence-corrected chi connectivity index (χ4v) is 8.64. The maximum atomic E-state index is 13.2. The van der Waals surface area contributed by atoms with Crippen LogP contribution in [0.5, 0.6) is 0 Å². The number of unbranched alkanes of at least 4 members (excludes halogenated alkanes) is 19. The Bertz CT molecular complexity index is 1790. The summed E-state index contributed by atoms with van der Waals surface area (Å²) in [5.41, 5.74) is 0. The number of aliphatic carboxylic acids is 1. The average molecular weight is 1110 g/mol. The van der Waals surface area contributed by atoms with Gasteiger partial charge in [-0.1, -0.05) is 207 Å². The summed E-state index contributed by atoms with van der Waals surface area (Å²) < 4.78 is 28.4. The largest absolute Gasteiger partial charge is 0.479 e. The Morgan fingerprint density at radius 2 is 0.797 bits per heavy atom. The summed E-state index contributed by atoms with van der Waals surface area (Å²) in [6, 6.07) is 0. The van der Waals surface area contributed by atoms with Crippen molar-refractivity contribution in [2.24, 2.45) is 0 Å². The zero-order valence-corrected chi connectivity index (χ0v) is 49.3. The summed E-state index contributed by atoms with van der Waals surface area (Å²) in [6.45, 7) is 5.71. The number of aliphatic hydroxyl groups is 2. The number of allylic oxidation sites excluding steroid dienone is 18. The number of aliphatic hydroxyl groups excluding tert-OH is 2. The van der Waals surface area contributed by atoms with Crippen LogP contribution in [0.4, 0.5) is 0 Å². The first-order valence-corrected chi connectivity index (χ1v) is 30.9. The Morgan fingerprint density at radius 1 is 0.430 bits per heavy atom. The number of hydrogen-bond donors (Lipinski definition) is 3. The van der Waals surface area contributed by atoms with Gasteiger partial charge in [0.05, 0.1) is 6.61 Å². The Labute approximate surface area is 478 Å². The zero-order chi connectivity index (χ0) is 57.5. The fraction of sp³-hybridized carbons (Fsp3) is 0.672. The third kappa shape index (κ3) is 43.8. The quantitative estimate of drug-likeness (QED) is 0.0228. The van der Waals surface area contributed by atoms with Crippen LogP contribution in [0.15, 0.2) is 109 Å². The molecule has 0 bridgehead atoms. The Kier molecular flexibility index (Phi) is 49.5. The molecule has 448 valence electrons. The van der Waals surface area contributed by atoms with Crippen molar-refractivity contribution in [2.75, 3.05) is 13.2 Å². The van der Waals surface area contributed by atoms with Crippen LogP contribution >= 0.6 is 0 Å². The molecule has 1 aliphatic rings. The van der Waals surface area contributed by atoms with E-state index in [1.165, 1.54) is 57.8 Å². The van der Waals surface area contributed by atoms with Gasteiger partial charge in [0.1, 0.15) is 18.8 Å². The van der Waals surface area contributed by atoms with Crippen molar-refractivity contribution in [2.45, 2.75) is 276 Å². The van der Waals surface area contributed by atoms with E-state index in [4.69, 9.17) is 23.7 Å². The van der Waals surface area contributed by atoms with Crippen molar-refractivity contribution < 1.29 is 58.2 Å². The molecule has 0 saturated carbocycles. The van der Waals surface area contributed by atoms with E-state index < -0.39 is 67.3 Å². The lowest BCUT2D eigenvalue weighted by molar-refractivity contribution is -0.301. The second kappa shape index (κ2) is 54.0. The van der Waals surface area contributed by atoms with Crippen LogP contribution < -0.4 is 0 Å². The minimum Gasteiger partial charge on any atom is -0.479 e. The van der Waals surface area contributed by atoms with E-state index >= 15 is 0 Å². The van der Waals surface area contributed by atoms with Gasteiger partial charge < -0.3 is 39.0 Å². The number of esters is 3. The SMILES string of the molecule is CC/C=C\C/C=C\C/C=C\C/C=C\CCCCC(=O)OC1C(OCC(COC(=O)CCCCCCCCCCC/C=C\C/C=C\CCCCC)OC(=O)CCCCCCC/C=C\C/C=C\C/C=C\CC)OC(C(=O)O)C(O)C1O. The van der Waals surface area contributed by atoms with Crippen molar-refractivity contribution in [3.05, 3.63) is 109 Å². The van der Waals surface area contributed by atoms with Crippen molar-refractivity contribution in [1.82, 2.24) is 0 Å². The van der Waals surface area contributed by atoms with Gasteiger partial charge in [-0.25, -0.2) is 4.79 Å². The van der Waals surface area contributed by atoms with Gasteiger partial charge in [0.25, 0.3) is 0 Å². The van der Waals surface area contributed by atoms with Crippen LogP contribution in [-0.4, -0.2) is 89.2 Å². The highest BCUT2D eigenvalue weighted by Crippen LogP contribution is 2.26. The molecule has 0 aromatic carbocycles. The lowest BCUT2D eigenvalue weighted by Crippen LogP contribution is -2.61. The van der Waals surface area contributed by atoms with Crippen molar-refractivity contribution in [3.63, 3.8) is 0 Å². The molecular formula is C67H108O12. The molecule has 0 aromatic rings. The first-order chi connectivity index (χ1) is 38.6. The molecule has 1 aliphatic heterocycles. The van der Waals surface area contributed by atoms with Gasteiger partial charge in [-0.2, -0.15) is 0 Å². The predicted molar refractivity (Wildman–Crippen MR) is 321 cm³/mol. The second-order valence-corrected chi connectivity index (χ2v) is 20.6. The standard InChI is InChI=1S/C67H108O12/c1-4-7-10-13-16-19-22-25-28-29-30-31-34-35-38-41-44-47-50-53-59(68)75-56-58(77-60(69)54-51-48-45-42-39-36-32-26-23-20-17-14-11-8-5-2)57-76-67-65(63(72)62(71)64(79-67)66(73)74)78-61(70)55-52-49-46-43-40-37-33-27-24-21-18-15-12-9-6-3/h8-9,11-12,16-21,25-28,32-33,40,43,58,62-65,67,71-72H,4-7,10,13-15,22-24,29-31,34-39,41-42,44-57H2,1-3H3,(H,73,74)/b11-8-,12-9-,19-16-,20-17-,21-18-,28-25-,32-26-,33-27-,43-40-. The molecule has 3 N–H and O–H groups in total. The van der Waals surface area contributed by atoms with Crippen LogP contribution in [0.2, 0.25) is 0 Å². The molecule has 0 amide bonds. The molecule has 1 saturated heterocycles. The maximum absolute atomic E-state index is 13.2. The predicted octanol–water partition coefficient (Wildman–Crippen LogP) is 16.2. The summed E-state index contributed by atoms with van der Waals surface area (Å²) in [4.78, 5) is 51.2. The summed E-state index contributed by atoms with van der Waals surface area (Å²) in [5.74, 6) is -3.21. The number of carbonyl (C=O) groups is 4. The minimum atomic E-state index is -1.93. The first-order valence-electron chi connectivity index (χ1n) is 30.9. The van der Waals surface area contributed by atoms with Gasteiger partial charge in [0, 0.05) is 19.3 Å². The van der Waals surface area contributed by atoms with E-state index in [2.05, 4.69) is 130 Å². The molecule has 1 rings (SSSR count). The lowest BCUT2D eigenvalue weighted by Gasteiger charge is -2.40. The van der Waals surface area contributed by atoms with Crippen molar-refractivity contribution in [3.8, 4) is 0 Å². The maximum Gasteiger partial charge on any atom is 0.335 e. The number of carboxylic acids is 1. The van der Waals surface area contributed by atoms with Crippen molar-refractivity contribution in [1.29, 1.82) is 0 Å². The molecule has 6 atom stereocenters. The molecule has 0 spiro atoms. The smallest absolute Gasteiger partial charge is 0.335 e. The molecule has 1 fully saturated rings. The van der Waals surface area contributed by atoms with Gasteiger partial charge in [-0.15, -0.1) is 0 Å². The molecule has 0 aliphatic carbocycles. The van der Waals surface area contributed by atoms with E-state index in [1.807, 2.05) is 0 Å². The van der Waals surface area contributed by atoms with E-state index in [0.29, 0.717) is 25.7 Å².